The van der Waals surface area contributed by atoms with E-state index in [1.54, 1.807) is 0 Å². The van der Waals surface area contributed by atoms with Gasteiger partial charge in [-0.1, -0.05) is 12.1 Å². The molecule has 4 heteroatoms. The maximum Gasteiger partial charge on any atom is 0.115 e. The summed E-state index contributed by atoms with van der Waals surface area (Å²) < 4.78 is 0. The van der Waals surface area contributed by atoms with Crippen molar-refractivity contribution in [3.05, 3.63) is 23.3 Å². The van der Waals surface area contributed by atoms with E-state index in [1.165, 1.54) is 12.0 Å². The van der Waals surface area contributed by atoms with Gasteiger partial charge in [-0.2, -0.15) is 0 Å². The van der Waals surface area contributed by atoms with Crippen molar-refractivity contribution >= 4 is 28.8 Å². The van der Waals surface area contributed by atoms with Crippen LogP contribution in [0.5, 0.6) is 0 Å². The first-order valence-electron chi connectivity index (χ1n) is 5.47. The highest BCUT2D eigenvalue weighted by molar-refractivity contribution is 6.28. The minimum atomic E-state index is 0.267. The number of nitrogens with two attached hydrogens (primary N) is 1. The normalized spacial score (nSPS) is 15.5. The number of hydrogen-bond acceptors (Lipinski definition) is 2. The summed E-state index contributed by atoms with van der Waals surface area (Å²) in [5, 5.41) is 3.40. The second kappa shape index (κ2) is 4.74. The molecule has 86 valence electrons. The number of fused-ring (bicyclic) bond motifs is 1. The van der Waals surface area contributed by atoms with Crippen LogP contribution < -0.4 is 11.1 Å². The van der Waals surface area contributed by atoms with Gasteiger partial charge in [0.1, 0.15) is 5.84 Å². The number of rotatable bonds is 2. The summed E-state index contributed by atoms with van der Waals surface area (Å²) in [6, 6.07) is 4.25. The number of aryl methyl sites for hydroxylation is 2. The Morgan fingerprint density at radius 1 is 1.56 bits per heavy atom. The van der Waals surface area contributed by atoms with E-state index in [0.717, 1.165) is 29.9 Å². The number of hydrogen-bond donors (Lipinski definition) is 2. The van der Waals surface area contributed by atoms with Crippen LogP contribution in [0.4, 0.5) is 11.4 Å². The van der Waals surface area contributed by atoms with E-state index < -0.39 is 0 Å². The van der Waals surface area contributed by atoms with Gasteiger partial charge in [0.05, 0.1) is 17.3 Å². The highest BCUT2D eigenvalue weighted by atomic mass is 35.5. The van der Waals surface area contributed by atoms with Gasteiger partial charge >= 0.3 is 0 Å². The molecule has 0 amide bonds. The number of nitrogens with zero attached hydrogens (tertiary/aromatic N) is 1. The average Bonchev–Trinajstić information content (AvgIpc) is 2.32. The molecule has 1 aliphatic heterocycles. The monoisotopic (exact) mass is 237 g/mol. The topological polar surface area (TPSA) is 50.4 Å². The van der Waals surface area contributed by atoms with Crippen molar-refractivity contribution in [1.82, 2.24) is 0 Å². The van der Waals surface area contributed by atoms with Crippen molar-refractivity contribution in [1.29, 1.82) is 0 Å². The molecule has 1 aliphatic rings. The molecule has 3 nitrogen and oxygen atoms in total. The first kappa shape index (κ1) is 11.3. The van der Waals surface area contributed by atoms with Gasteiger partial charge < -0.3 is 11.1 Å². The number of benzene rings is 1. The maximum atomic E-state index is 5.70. The molecule has 2 rings (SSSR count). The molecule has 0 unspecified atom stereocenters. The third kappa shape index (κ3) is 2.14. The summed E-state index contributed by atoms with van der Waals surface area (Å²) in [5.41, 5.74) is 10.2. The van der Waals surface area contributed by atoms with Crippen LogP contribution in [0.15, 0.2) is 17.1 Å². The molecule has 0 aliphatic carbocycles. The molecule has 0 aromatic heterocycles. The van der Waals surface area contributed by atoms with Crippen LogP contribution in [-0.2, 0) is 6.42 Å². The molecule has 0 radical (unpaired) electrons. The minimum absolute atomic E-state index is 0.267. The van der Waals surface area contributed by atoms with E-state index >= 15 is 0 Å². The lowest BCUT2D eigenvalue weighted by Crippen LogP contribution is -2.15. The van der Waals surface area contributed by atoms with E-state index in [0.29, 0.717) is 5.84 Å². The molecule has 3 N–H and O–H groups in total. The third-order valence-corrected chi connectivity index (χ3v) is 3.06. The van der Waals surface area contributed by atoms with E-state index in [-0.39, 0.29) is 5.88 Å². The second-order valence-corrected chi connectivity index (χ2v) is 4.30. The molecule has 0 fully saturated rings. The number of aliphatic imine (C=N–C) groups is 1. The van der Waals surface area contributed by atoms with Crippen LogP contribution in [0.25, 0.3) is 0 Å². The second-order valence-electron chi connectivity index (χ2n) is 4.03. The third-order valence-electron chi connectivity index (χ3n) is 2.78. The van der Waals surface area contributed by atoms with Crippen LogP contribution in [0.1, 0.15) is 17.5 Å². The Morgan fingerprint density at radius 2 is 2.38 bits per heavy atom. The Hall–Kier alpha value is -1.22. The van der Waals surface area contributed by atoms with Crippen LogP contribution in [0.2, 0.25) is 0 Å². The quantitative estimate of drug-likeness (QED) is 0.472. The van der Waals surface area contributed by atoms with Crippen LogP contribution in [0, 0.1) is 6.92 Å². The number of alkyl halides is 1. The van der Waals surface area contributed by atoms with Crippen LogP contribution in [-0.4, -0.2) is 18.3 Å². The molecular formula is C12H16ClN3. The van der Waals surface area contributed by atoms with Gasteiger partial charge in [-0.15, -0.1) is 11.6 Å². The SMILES string of the molecule is Cc1ccc2c(c1N=C(N)CCl)NCCC2. The van der Waals surface area contributed by atoms with Crippen molar-refractivity contribution in [3.8, 4) is 0 Å². The summed E-state index contributed by atoms with van der Waals surface area (Å²) >= 11 is 5.66. The van der Waals surface area contributed by atoms with Crippen LogP contribution >= 0.6 is 11.6 Å². The average molecular weight is 238 g/mol. The Kier molecular flexibility index (Phi) is 3.34. The van der Waals surface area contributed by atoms with E-state index in [2.05, 4.69) is 22.4 Å². The van der Waals surface area contributed by atoms with Gasteiger partial charge in [-0.05, 0) is 30.9 Å². The molecule has 0 saturated heterocycles. The van der Waals surface area contributed by atoms with Gasteiger partial charge in [0.25, 0.3) is 0 Å². The Balaban J connectivity index is 2.50. The summed E-state index contributed by atoms with van der Waals surface area (Å²) in [4.78, 5) is 4.39. The first-order valence-corrected chi connectivity index (χ1v) is 6.01. The molecule has 0 bridgehead atoms. The Bertz CT molecular complexity index is 427. The summed E-state index contributed by atoms with van der Waals surface area (Å²) in [7, 11) is 0. The fraction of sp³-hybridized carbons (Fsp3) is 0.417. The number of anilines is 1. The lowest BCUT2D eigenvalue weighted by atomic mass is 10.00. The Labute approximate surface area is 101 Å². The molecule has 0 atom stereocenters. The highest BCUT2D eigenvalue weighted by Gasteiger charge is 2.14. The zero-order valence-corrected chi connectivity index (χ0v) is 10.1. The van der Waals surface area contributed by atoms with Gasteiger partial charge in [-0.25, -0.2) is 4.99 Å². The molecule has 0 spiro atoms. The smallest absolute Gasteiger partial charge is 0.115 e. The van der Waals surface area contributed by atoms with Crippen LogP contribution in [0.3, 0.4) is 0 Å². The van der Waals surface area contributed by atoms with Gasteiger partial charge in [0, 0.05) is 6.54 Å². The fourth-order valence-corrected chi connectivity index (χ4v) is 2.01. The summed E-state index contributed by atoms with van der Waals surface area (Å²) in [6.45, 7) is 3.04. The zero-order chi connectivity index (χ0) is 11.5. The van der Waals surface area contributed by atoms with Gasteiger partial charge in [0.2, 0.25) is 0 Å². The molecule has 16 heavy (non-hydrogen) atoms. The van der Waals surface area contributed by atoms with E-state index in [4.69, 9.17) is 17.3 Å². The number of amidine groups is 1. The number of halogens is 1. The zero-order valence-electron chi connectivity index (χ0n) is 9.39. The van der Waals surface area contributed by atoms with Gasteiger partial charge in [0.15, 0.2) is 0 Å². The molecule has 1 aromatic rings. The highest BCUT2D eigenvalue weighted by Crippen LogP contribution is 2.35. The summed E-state index contributed by atoms with van der Waals surface area (Å²) in [5.74, 6) is 0.730. The molecule has 1 aromatic carbocycles. The van der Waals surface area contributed by atoms with Crippen molar-refractivity contribution < 1.29 is 0 Å². The standard InChI is InChI=1S/C12H16ClN3/c1-8-4-5-9-3-2-6-15-12(9)11(8)16-10(14)7-13/h4-5,15H,2-3,6-7H2,1H3,(H2,14,16). The Morgan fingerprint density at radius 3 is 3.12 bits per heavy atom. The van der Waals surface area contributed by atoms with Crippen molar-refractivity contribution in [2.45, 2.75) is 19.8 Å². The molecule has 1 heterocycles. The largest absolute Gasteiger partial charge is 0.386 e. The first-order chi connectivity index (χ1) is 7.72. The lowest BCUT2D eigenvalue weighted by Gasteiger charge is -2.21. The van der Waals surface area contributed by atoms with Gasteiger partial charge in [-0.3, -0.25) is 0 Å². The molecule has 0 saturated carbocycles. The predicted molar refractivity (Wildman–Crippen MR) is 70.0 cm³/mol. The fourth-order valence-electron chi connectivity index (χ4n) is 1.95. The molecular weight excluding hydrogens is 222 g/mol. The van der Waals surface area contributed by atoms with E-state index in [9.17, 15) is 0 Å². The minimum Gasteiger partial charge on any atom is -0.386 e. The van der Waals surface area contributed by atoms with E-state index in [1.807, 2.05) is 6.92 Å². The maximum absolute atomic E-state index is 5.70. The van der Waals surface area contributed by atoms with Crippen molar-refractivity contribution in [2.24, 2.45) is 10.7 Å². The van der Waals surface area contributed by atoms with Crippen molar-refractivity contribution in [2.75, 3.05) is 17.7 Å². The van der Waals surface area contributed by atoms with Crippen molar-refractivity contribution in [3.63, 3.8) is 0 Å². The summed E-state index contributed by atoms with van der Waals surface area (Å²) in [6.07, 6.45) is 2.27. The lowest BCUT2D eigenvalue weighted by molar-refractivity contribution is 0.829. The number of nitrogens with one attached hydrogen (secondary N) is 1. The predicted octanol–water partition coefficient (Wildman–Crippen LogP) is 2.58.